The van der Waals surface area contributed by atoms with Crippen molar-refractivity contribution in [2.45, 2.75) is 13.0 Å². The van der Waals surface area contributed by atoms with Crippen molar-refractivity contribution in [3.8, 4) is 0 Å². The molecule has 1 rings (SSSR count). The average molecular weight is 261 g/mol. The highest BCUT2D eigenvalue weighted by molar-refractivity contribution is 9.10. The summed E-state index contributed by atoms with van der Waals surface area (Å²) in [5, 5.41) is 2.79. The van der Waals surface area contributed by atoms with Crippen LogP contribution in [0.1, 0.15) is 6.92 Å². The summed E-state index contributed by atoms with van der Waals surface area (Å²) in [4.78, 5) is 10.8. The van der Waals surface area contributed by atoms with Crippen molar-refractivity contribution in [2.24, 2.45) is 5.73 Å². The maximum absolute atomic E-state index is 12.8. The second-order valence-electron chi connectivity index (χ2n) is 2.89. The van der Waals surface area contributed by atoms with Gasteiger partial charge in [0.15, 0.2) is 0 Å². The van der Waals surface area contributed by atoms with E-state index in [9.17, 15) is 9.18 Å². The Bertz CT molecular complexity index is 357. The van der Waals surface area contributed by atoms with Crippen LogP contribution in [-0.4, -0.2) is 11.9 Å². The summed E-state index contributed by atoms with van der Waals surface area (Å²) in [6.07, 6.45) is 0. The molecule has 0 spiro atoms. The number of primary amides is 1. The summed E-state index contributed by atoms with van der Waals surface area (Å²) in [5.41, 5.74) is 5.57. The number of anilines is 1. The second-order valence-corrected chi connectivity index (χ2v) is 3.75. The lowest BCUT2D eigenvalue weighted by molar-refractivity contribution is -0.118. The van der Waals surface area contributed by atoms with Crippen LogP contribution in [0.25, 0.3) is 0 Å². The van der Waals surface area contributed by atoms with Crippen LogP contribution in [0.4, 0.5) is 10.1 Å². The van der Waals surface area contributed by atoms with E-state index in [0.29, 0.717) is 10.2 Å². The van der Waals surface area contributed by atoms with Crippen molar-refractivity contribution >= 4 is 27.5 Å². The van der Waals surface area contributed by atoms with Crippen LogP contribution >= 0.6 is 15.9 Å². The zero-order valence-electron chi connectivity index (χ0n) is 7.55. The molecule has 14 heavy (non-hydrogen) atoms. The lowest BCUT2D eigenvalue weighted by atomic mass is 10.2. The minimum Gasteiger partial charge on any atom is -0.373 e. The normalized spacial score (nSPS) is 12.2. The van der Waals surface area contributed by atoms with Gasteiger partial charge in [-0.05, 0) is 41.1 Å². The highest BCUT2D eigenvalue weighted by Gasteiger charge is 2.10. The quantitative estimate of drug-likeness (QED) is 0.872. The third-order valence-corrected chi connectivity index (χ3v) is 2.42. The van der Waals surface area contributed by atoms with Gasteiger partial charge < -0.3 is 11.1 Å². The molecule has 3 N–H and O–H groups in total. The summed E-state index contributed by atoms with van der Waals surface area (Å²) in [5.74, 6) is -0.853. The first-order valence-electron chi connectivity index (χ1n) is 4.01. The Morgan fingerprint density at radius 2 is 2.29 bits per heavy atom. The predicted octanol–water partition coefficient (Wildman–Crippen LogP) is 1.87. The number of hydrogen-bond acceptors (Lipinski definition) is 2. The first-order valence-corrected chi connectivity index (χ1v) is 4.81. The van der Waals surface area contributed by atoms with E-state index in [2.05, 4.69) is 21.2 Å². The summed E-state index contributed by atoms with van der Waals surface area (Å²) in [6.45, 7) is 1.61. The maximum Gasteiger partial charge on any atom is 0.239 e. The minimum absolute atomic E-state index is 0.368. The van der Waals surface area contributed by atoms with Crippen LogP contribution in [0.3, 0.4) is 0 Å². The van der Waals surface area contributed by atoms with Gasteiger partial charge in [0.1, 0.15) is 11.9 Å². The molecule has 0 fully saturated rings. The SMILES string of the molecule is CC(Nc1cc(F)ccc1Br)C(N)=O. The highest BCUT2D eigenvalue weighted by Crippen LogP contribution is 2.23. The fourth-order valence-electron chi connectivity index (χ4n) is 0.912. The van der Waals surface area contributed by atoms with Gasteiger partial charge in [-0.3, -0.25) is 4.79 Å². The van der Waals surface area contributed by atoms with Crippen molar-refractivity contribution in [1.82, 2.24) is 0 Å². The van der Waals surface area contributed by atoms with E-state index in [1.54, 1.807) is 13.0 Å². The average Bonchev–Trinajstić information content (AvgIpc) is 2.11. The van der Waals surface area contributed by atoms with E-state index < -0.39 is 11.9 Å². The van der Waals surface area contributed by atoms with E-state index in [1.165, 1.54) is 12.1 Å². The maximum atomic E-state index is 12.8. The number of carbonyl (C=O) groups is 1. The molecule has 0 saturated carbocycles. The molecule has 1 atom stereocenters. The van der Waals surface area contributed by atoms with Crippen LogP contribution in [0.15, 0.2) is 22.7 Å². The van der Waals surface area contributed by atoms with Gasteiger partial charge in [-0.25, -0.2) is 4.39 Å². The second kappa shape index (κ2) is 4.41. The van der Waals surface area contributed by atoms with Crippen molar-refractivity contribution in [3.05, 3.63) is 28.5 Å². The fourth-order valence-corrected chi connectivity index (χ4v) is 1.27. The van der Waals surface area contributed by atoms with Crippen molar-refractivity contribution in [1.29, 1.82) is 0 Å². The molecule has 0 aliphatic heterocycles. The smallest absolute Gasteiger partial charge is 0.239 e. The number of rotatable bonds is 3. The van der Waals surface area contributed by atoms with Crippen LogP contribution in [0, 0.1) is 5.82 Å². The molecule has 0 aromatic heterocycles. The standard InChI is InChI=1S/C9H10BrFN2O/c1-5(9(12)14)13-8-4-6(11)2-3-7(8)10/h2-5,13H,1H3,(H2,12,14). The van der Waals surface area contributed by atoms with Gasteiger partial charge in [0, 0.05) is 4.47 Å². The Hall–Kier alpha value is -1.10. The predicted molar refractivity (Wildman–Crippen MR) is 56.4 cm³/mol. The van der Waals surface area contributed by atoms with Gasteiger partial charge in [0.2, 0.25) is 5.91 Å². The minimum atomic E-state index is -0.534. The molecule has 0 aliphatic carbocycles. The first kappa shape index (κ1) is 11.0. The first-order chi connectivity index (χ1) is 6.50. The molecule has 76 valence electrons. The number of nitrogens with one attached hydrogen (secondary N) is 1. The molecule has 1 aromatic rings. The molecule has 1 aromatic carbocycles. The van der Waals surface area contributed by atoms with E-state index in [4.69, 9.17) is 5.73 Å². The Morgan fingerprint density at radius 3 is 2.86 bits per heavy atom. The van der Waals surface area contributed by atoms with E-state index in [1.807, 2.05) is 0 Å². The number of halogens is 2. The summed E-state index contributed by atoms with van der Waals surface area (Å²) in [7, 11) is 0. The number of benzene rings is 1. The van der Waals surface area contributed by atoms with Crippen LogP contribution < -0.4 is 11.1 Å². The highest BCUT2D eigenvalue weighted by atomic mass is 79.9. The molecule has 3 nitrogen and oxygen atoms in total. The lowest BCUT2D eigenvalue weighted by Gasteiger charge is -2.12. The summed E-state index contributed by atoms with van der Waals surface area (Å²) in [6, 6.07) is 3.65. The van der Waals surface area contributed by atoms with E-state index in [0.717, 1.165) is 0 Å². The molecule has 5 heteroatoms. The molecular formula is C9H10BrFN2O. The molecule has 1 unspecified atom stereocenters. The van der Waals surface area contributed by atoms with E-state index in [-0.39, 0.29) is 5.82 Å². The third-order valence-electron chi connectivity index (χ3n) is 1.73. The van der Waals surface area contributed by atoms with Crippen molar-refractivity contribution in [3.63, 3.8) is 0 Å². The van der Waals surface area contributed by atoms with Gasteiger partial charge in [0.25, 0.3) is 0 Å². The third kappa shape index (κ3) is 2.70. The molecule has 1 amide bonds. The van der Waals surface area contributed by atoms with Crippen molar-refractivity contribution < 1.29 is 9.18 Å². The van der Waals surface area contributed by atoms with Gasteiger partial charge in [0.05, 0.1) is 5.69 Å². The van der Waals surface area contributed by atoms with Crippen LogP contribution in [-0.2, 0) is 4.79 Å². The molecule has 0 saturated heterocycles. The van der Waals surface area contributed by atoms with Crippen LogP contribution in [0.2, 0.25) is 0 Å². The number of carbonyl (C=O) groups excluding carboxylic acids is 1. The van der Waals surface area contributed by atoms with Gasteiger partial charge >= 0.3 is 0 Å². The topological polar surface area (TPSA) is 55.1 Å². The number of nitrogens with two attached hydrogens (primary N) is 1. The Morgan fingerprint density at radius 1 is 1.64 bits per heavy atom. The van der Waals surface area contributed by atoms with Crippen molar-refractivity contribution in [2.75, 3.05) is 5.32 Å². The fraction of sp³-hybridized carbons (Fsp3) is 0.222. The Kier molecular flexibility index (Phi) is 3.46. The largest absolute Gasteiger partial charge is 0.373 e. The Balaban J connectivity index is 2.85. The van der Waals surface area contributed by atoms with Crippen LogP contribution in [0.5, 0.6) is 0 Å². The monoisotopic (exact) mass is 260 g/mol. The number of amides is 1. The molecule has 0 heterocycles. The van der Waals surface area contributed by atoms with Gasteiger partial charge in [-0.2, -0.15) is 0 Å². The van der Waals surface area contributed by atoms with Gasteiger partial charge in [-0.15, -0.1) is 0 Å². The summed E-state index contributed by atoms with van der Waals surface area (Å²) >= 11 is 3.23. The molecule has 0 aliphatic rings. The Labute approximate surface area is 89.6 Å². The van der Waals surface area contributed by atoms with Gasteiger partial charge in [-0.1, -0.05) is 0 Å². The zero-order chi connectivity index (χ0) is 10.7. The molecular weight excluding hydrogens is 251 g/mol. The summed E-state index contributed by atoms with van der Waals surface area (Å²) < 4.78 is 13.5. The number of hydrogen-bond donors (Lipinski definition) is 2. The molecule has 0 bridgehead atoms. The zero-order valence-corrected chi connectivity index (χ0v) is 9.14. The van der Waals surface area contributed by atoms with E-state index >= 15 is 0 Å². The molecule has 0 radical (unpaired) electrons. The lowest BCUT2D eigenvalue weighted by Crippen LogP contribution is -2.32.